The summed E-state index contributed by atoms with van der Waals surface area (Å²) in [4.78, 5) is 42.0. The van der Waals surface area contributed by atoms with Gasteiger partial charge < -0.3 is 10.4 Å². The number of carbonyl (C=O) groups excluding carboxylic acids is 2. The predicted molar refractivity (Wildman–Crippen MR) is 146 cm³/mol. The summed E-state index contributed by atoms with van der Waals surface area (Å²) in [5.41, 5.74) is 3.07. The molecule has 2 aromatic carbocycles. The van der Waals surface area contributed by atoms with Crippen molar-refractivity contribution in [3.05, 3.63) is 69.2 Å². The molecule has 0 radical (unpaired) electrons. The Bertz CT molecular complexity index is 1150. The number of carbonyl (C=O) groups is 3. The third kappa shape index (κ3) is 7.42. The van der Waals surface area contributed by atoms with Crippen LogP contribution in [0.3, 0.4) is 0 Å². The molecule has 0 bridgehead atoms. The Kier molecular flexibility index (Phi) is 9.38. The Morgan fingerprint density at radius 2 is 1.62 bits per heavy atom. The van der Waals surface area contributed by atoms with E-state index in [9.17, 15) is 19.5 Å². The molecule has 0 unspecified atom stereocenters. The van der Waals surface area contributed by atoms with E-state index in [0.717, 1.165) is 56.2 Å². The van der Waals surface area contributed by atoms with Gasteiger partial charge in [-0.05, 0) is 74.1 Å². The molecule has 2 N–H and O–H groups in total. The number of carboxylic acid groups (broad SMARTS) is 1. The van der Waals surface area contributed by atoms with Crippen LogP contribution in [0.15, 0.2) is 47.5 Å². The van der Waals surface area contributed by atoms with Crippen molar-refractivity contribution < 1.29 is 19.5 Å². The molecule has 1 aliphatic carbocycles. The number of aliphatic imine (C=N–C) groups is 1. The van der Waals surface area contributed by atoms with Crippen LogP contribution in [0.5, 0.6) is 0 Å². The van der Waals surface area contributed by atoms with E-state index in [-0.39, 0.29) is 33.7 Å². The molecule has 1 heterocycles. The molecule has 0 spiro atoms. The summed E-state index contributed by atoms with van der Waals surface area (Å²) >= 11 is 12.2. The van der Waals surface area contributed by atoms with Gasteiger partial charge in [0.2, 0.25) is 0 Å². The molecule has 1 fully saturated rings. The maximum absolute atomic E-state index is 12.9. The molecule has 37 heavy (non-hydrogen) atoms. The summed E-state index contributed by atoms with van der Waals surface area (Å²) in [6, 6.07) is 10.9. The Labute approximate surface area is 227 Å². The first-order valence-electron chi connectivity index (χ1n) is 12.9. The molecular formula is C29H32Cl2N2O4. The normalized spacial score (nSPS) is 20.2. The SMILES string of the molecule is O=C(N[C@@H](Cc1ccc(CC(=O)C2CCC(CC3=NCCC3)CC2)cc1)C(=O)O)c1c(Cl)cccc1Cl. The van der Waals surface area contributed by atoms with Gasteiger partial charge in [-0.3, -0.25) is 14.6 Å². The van der Waals surface area contributed by atoms with Crippen molar-refractivity contribution in [1.29, 1.82) is 0 Å². The number of hydrogen-bond donors (Lipinski definition) is 2. The number of amides is 1. The van der Waals surface area contributed by atoms with Crippen LogP contribution in [0.4, 0.5) is 0 Å². The summed E-state index contributed by atoms with van der Waals surface area (Å²) < 4.78 is 0. The second-order valence-electron chi connectivity index (χ2n) is 10.1. The zero-order chi connectivity index (χ0) is 26.4. The van der Waals surface area contributed by atoms with Gasteiger partial charge in [0.05, 0.1) is 15.6 Å². The first-order valence-corrected chi connectivity index (χ1v) is 13.7. The maximum atomic E-state index is 12.9. The van der Waals surface area contributed by atoms with Gasteiger partial charge in [0.15, 0.2) is 0 Å². The van der Waals surface area contributed by atoms with E-state index >= 15 is 0 Å². The molecule has 1 aliphatic heterocycles. The number of nitrogens with one attached hydrogen (secondary N) is 1. The summed E-state index contributed by atoms with van der Waals surface area (Å²) in [7, 11) is 0. The van der Waals surface area contributed by atoms with E-state index in [1.54, 1.807) is 6.07 Å². The zero-order valence-corrected chi connectivity index (χ0v) is 22.2. The Morgan fingerprint density at radius 1 is 0.973 bits per heavy atom. The van der Waals surface area contributed by atoms with Crippen molar-refractivity contribution in [2.24, 2.45) is 16.8 Å². The van der Waals surface area contributed by atoms with Crippen molar-refractivity contribution in [2.45, 2.75) is 63.8 Å². The highest BCUT2D eigenvalue weighted by Gasteiger charge is 2.28. The van der Waals surface area contributed by atoms with Gasteiger partial charge in [-0.25, -0.2) is 4.79 Å². The number of Topliss-reactive ketones (excluding diaryl/α,β-unsaturated/α-hetero) is 1. The van der Waals surface area contributed by atoms with Crippen LogP contribution < -0.4 is 5.32 Å². The number of rotatable bonds is 10. The largest absolute Gasteiger partial charge is 0.480 e. The quantitative estimate of drug-likeness (QED) is 0.387. The molecular weight excluding hydrogens is 511 g/mol. The molecule has 8 heteroatoms. The second-order valence-corrected chi connectivity index (χ2v) is 10.9. The minimum Gasteiger partial charge on any atom is -0.480 e. The molecule has 2 aromatic rings. The molecule has 0 aromatic heterocycles. The summed E-state index contributed by atoms with van der Waals surface area (Å²) in [6.07, 6.45) is 7.99. The van der Waals surface area contributed by atoms with E-state index in [4.69, 9.17) is 23.2 Å². The number of nitrogens with zero attached hydrogens (tertiary/aromatic N) is 1. The Morgan fingerprint density at radius 3 is 2.22 bits per heavy atom. The van der Waals surface area contributed by atoms with Crippen LogP contribution in [0, 0.1) is 11.8 Å². The fourth-order valence-corrected chi connectivity index (χ4v) is 5.88. The summed E-state index contributed by atoms with van der Waals surface area (Å²) in [5.74, 6) is -0.749. The van der Waals surface area contributed by atoms with Crippen LogP contribution in [0.25, 0.3) is 0 Å². The van der Waals surface area contributed by atoms with Crippen LogP contribution in [0.2, 0.25) is 10.0 Å². The number of ketones is 1. The van der Waals surface area contributed by atoms with Crippen LogP contribution in [-0.2, 0) is 22.4 Å². The first-order chi connectivity index (χ1) is 17.8. The average molecular weight is 543 g/mol. The van der Waals surface area contributed by atoms with Crippen molar-refractivity contribution in [3.8, 4) is 0 Å². The fourth-order valence-electron chi connectivity index (χ4n) is 5.31. The van der Waals surface area contributed by atoms with E-state index < -0.39 is 17.9 Å². The van der Waals surface area contributed by atoms with E-state index in [0.29, 0.717) is 12.3 Å². The summed E-state index contributed by atoms with van der Waals surface area (Å²) in [6.45, 7) is 0.977. The van der Waals surface area contributed by atoms with Crippen molar-refractivity contribution in [3.63, 3.8) is 0 Å². The lowest BCUT2D eigenvalue weighted by Crippen LogP contribution is -2.42. The van der Waals surface area contributed by atoms with Crippen LogP contribution >= 0.6 is 23.2 Å². The molecule has 1 amide bonds. The smallest absolute Gasteiger partial charge is 0.326 e. The lowest BCUT2D eigenvalue weighted by atomic mass is 9.77. The zero-order valence-electron chi connectivity index (χ0n) is 20.7. The third-order valence-corrected chi connectivity index (χ3v) is 8.05. The molecule has 1 atom stereocenters. The fraction of sp³-hybridized carbons (Fsp3) is 0.448. The highest BCUT2D eigenvalue weighted by molar-refractivity contribution is 6.39. The lowest BCUT2D eigenvalue weighted by Gasteiger charge is -2.27. The van der Waals surface area contributed by atoms with Gasteiger partial charge in [0.25, 0.3) is 5.91 Å². The predicted octanol–water partition coefficient (Wildman–Crippen LogP) is 5.96. The number of carboxylic acids is 1. The topological polar surface area (TPSA) is 95.8 Å². The third-order valence-electron chi connectivity index (χ3n) is 7.42. The maximum Gasteiger partial charge on any atom is 0.326 e. The van der Waals surface area contributed by atoms with Gasteiger partial charge in [-0.2, -0.15) is 0 Å². The van der Waals surface area contributed by atoms with Crippen molar-refractivity contribution >= 4 is 46.6 Å². The first kappa shape index (κ1) is 27.3. The van der Waals surface area contributed by atoms with Crippen molar-refractivity contribution in [1.82, 2.24) is 5.32 Å². The average Bonchev–Trinajstić information content (AvgIpc) is 3.38. The van der Waals surface area contributed by atoms with Gasteiger partial charge >= 0.3 is 5.97 Å². The monoisotopic (exact) mass is 542 g/mol. The van der Waals surface area contributed by atoms with Crippen LogP contribution in [-0.4, -0.2) is 41.1 Å². The highest BCUT2D eigenvalue weighted by Crippen LogP contribution is 2.33. The van der Waals surface area contributed by atoms with E-state index in [1.165, 1.54) is 24.3 Å². The van der Waals surface area contributed by atoms with Crippen molar-refractivity contribution in [2.75, 3.05) is 6.54 Å². The number of hydrogen-bond acceptors (Lipinski definition) is 4. The highest BCUT2D eigenvalue weighted by atomic mass is 35.5. The van der Waals surface area contributed by atoms with E-state index in [2.05, 4.69) is 10.3 Å². The minimum atomic E-state index is -1.16. The van der Waals surface area contributed by atoms with Gasteiger partial charge in [0.1, 0.15) is 11.8 Å². The van der Waals surface area contributed by atoms with E-state index in [1.807, 2.05) is 24.3 Å². The number of benzene rings is 2. The molecule has 4 rings (SSSR count). The minimum absolute atomic E-state index is 0.0484. The van der Waals surface area contributed by atoms with Gasteiger partial charge in [-0.1, -0.05) is 53.5 Å². The summed E-state index contributed by atoms with van der Waals surface area (Å²) in [5, 5.41) is 12.5. The van der Waals surface area contributed by atoms with Gasteiger partial charge in [-0.15, -0.1) is 0 Å². The molecule has 0 saturated heterocycles. The Balaban J connectivity index is 1.28. The van der Waals surface area contributed by atoms with Gasteiger partial charge in [0, 0.05) is 31.0 Å². The lowest BCUT2D eigenvalue weighted by molar-refractivity contribution is -0.139. The molecule has 6 nitrogen and oxygen atoms in total. The molecule has 196 valence electrons. The standard InChI is InChI=1S/C29H32Cl2N2O4/c30-23-4-1-5-24(31)27(23)28(35)33-25(29(36)37)16-19-6-8-20(9-7-19)17-26(34)21-12-10-18(11-13-21)15-22-3-2-14-32-22/h1,4-9,18,21,25H,2-3,10-17H2,(H,33,35)(H,36,37)/t18?,21?,25-/m0/s1. The Hall–Kier alpha value is -2.70. The second kappa shape index (κ2) is 12.7. The number of aliphatic carboxylic acids is 1. The molecule has 1 saturated carbocycles. The van der Waals surface area contributed by atoms with Crippen LogP contribution in [0.1, 0.15) is 66.4 Å². The molecule has 2 aliphatic rings. The number of halogens is 2.